The quantitative estimate of drug-likeness (QED) is 0.665. The Hall–Kier alpha value is -2.82. The number of rotatable bonds is 4. The van der Waals surface area contributed by atoms with Crippen LogP contribution >= 0.6 is 0 Å². The van der Waals surface area contributed by atoms with E-state index < -0.39 is 0 Å². The average molecular weight is 449 g/mol. The van der Waals surface area contributed by atoms with Gasteiger partial charge in [0.1, 0.15) is 12.4 Å². The number of fused-ring (bicyclic) bond motifs is 1. The van der Waals surface area contributed by atoms with E-state index in [-0.39, 0.29) is 17.9 Å². The van der Waals surface area contributed by atoms with Crippen molar-refractivity contribution >= 4 is 11.8 Å². The van der Waals surface area contributed by atoms with Gasteiger partial charge in [0.05, 0.1) is 11.6 Å². The minimum Gasteiger partial charge on any atom is -0.491 e. The van der Waals surface area contributed by atoms with Gasteiger partial charge in [-0.2, -0.15) is 0 Å². The van der Waals surface area contributed by atoms with E-state index in [1.165, 1.54) is 18.4 Å². The number of ether oxygens (including phenoxy) is 1. The molecule has 1 atom stereocenters. The topological polar surface area (TPSA) is 49.9 Å². The molecule has 0 radical (unpaired) electrons. The molecule has 2 aromatic carbocycles. The first-order valence-electron chi connectivity index (χ1n) is 12.4. The standard InChI is InChI=1S/C28H36N2O3/c1-29-17-9-2-3-10-18-30(27(31)20-23-15-16-23)24(19-22-11-5-4-6-12-22)21-33-26-14-8-7-13-25(26)28(29)32/h4-8,11-14,23-24H,2-3,9-10,15-21H2,1H3/t24-/m0/s1. The zero-order chi connectivity index (χ0) is 23.0. The molecule has 1 aliphatic carbocycles. The van der Waals surface area contributed by atoms with Crippen molar-refractivity contribution in [2.75, 3.05) is 26.7 Å². The van der Waals surface area contributed by atoms with E-state index >= 15 is 0 Å². The van der Waals surface area contributed by atoms with Gasteiger partial charge in [0.2, 0.25) is 5.91 Å². The lowest BCUT2D eigenvalue weighted by Crippen LogP contribution is -2.46. The average Bonchev–Trinajstić information content (AvgIpc) is 3.65. The summed E-state index contributed by atoms with van der Waals surface area (Å²) in [7, 11) is 1.86. The molecule has 5 nitrogen and oxygen atoms in total. The number of benzene rings is 2. The Morgan fingerprint density at radius 1 is 0.939 bits per heavy atom. The van der Waals surface area contributed by atoms with Gasteiger partial charge in [-0.05, 0) is 55.7 Å². The fraction of sp³-hybridized carbons (Fsp3) is 0.500. The summed E-state index contributed by atoms with van der Waals surface area (Å²) in [5.41, 5.74) is 1.78. The Labute approximate surface area is 197 Å². The number of para-hydroxylation sites is 1. The lowest BCUT2D eigenvalue weighted by Gasteiger charge is -2.33. The highest BCUT2D eigenvalue weighted by Gasteiger charge is 2.31. The Bertz CT molecular complexity index is 926. The van der Waals surface area contributed by atoms with Gasteiger partial charge in [0, 0.05) is 26.6 Å². The molecule has 2 aromatic rings. The molecule has 1 aliphatic heterocycles. The molecule has 0 spiro atoms. The highest BCUT2D eigenvalue weighted by Crippen LogP contribution is 2.33. The molecule has 1 fully saturated rings. The number of carbonyl (C=O) groups is 2. The predicted molar refractivity (Wildman–Crippen MR) is 130 cm³/mol. The van der Waals surface area contributed by atoms with Crippen molar-refractivity contribution in [2.24, 2.45) is 5.92 Å². The third kappa shape index (κ3) is 6.59. The lowest BCUT2D eigenvalue weighted by molar-refractivity contribution is -0.134. The van der Waals surface area contributed by atoms with Crippen LogP contribution in [0.1, 0.15) is 60.9 Å². The van der Waals surface area contributed by atoms with E-state index in [4.69, 9.17) is 4.74 Å². The van der Waals surface area contributed by atoms with Crippen molar-refractivity contribution in [1.82, 2.24) is 9.80 Å². The zero-order valence-corrected chi connectivity index (χ0v) is 19.7. The van der Waals surface area contributed by atoms with E-state index in [0.717, 1.165) is 45.2 Å². The van der Waals surface area contributed by atoms with Gasteiger partial charge in [0.15, 0.2) is 0 Å². The van der Waals surface area contributed by atoms with Crippen LogP contribution in [0, 0.1) is 5.92 Å². The van der Waals surface area contributed by atoms with E-state index in [1.54, 1.807) is 4.90 Å². The maximum atomic E-state index is 13.3. The fourth-order valence-corrected chi connectivity index (χ4v) is 4.59. The third-order valence-corrected chi connectivity index (χ3v) is 6.77. The highest BCUT2D eigenvalue weighted by molar-refractivity contribution is 5.96. The van der Waals surface area contributed by atoms with Crippen LogP contribution in [-0.2, 0) is 11.2 Å². The second kappa shape index (κ2) is 11.4. The maximum Gasteiger partial charge on any atom is 0.257 e. The first-order valence-corrected chi connectivity index (χ1v) is 12.4. The van der Waals surface area contributed by atoms with Gasteiger partial charge < -0.3 is 14.5 Å². The number of hydrogen-bond donors (Lipinski definition) is 0. The van der Waals surface area contributed by atoms with Crippen LogP contribution in [0.25, 0.3) is 0 Å². The van der Waals surface area contributed by atoms with Crippen LogP contribution in [0.15, 0.2) is 54.6 Å². The Balaban J connectivity index is 1.61. The van der Waals surface area contributed by atoms with E-state index in [1.807, 2.05) is 49.5 Å². The molecule has 0 aromatic heterocycles. The lowest BCUT2D eigenvalue weighted by atomic mass is 10.0. The van der Waals surface area contributed by atoms with Crippen LogP contribution in [0.5, 0.6) is 5.75 Å². The van der Waals surface area contributed by atoms with Crippen molar-refractivity contribution in [3.8, 4) is 5.75 Å². The third-order valence-electron chi connectivity index (χ3n) is 6.77. The Morgan fingerprint density at radius 2 is 1.64 bits per heavy atom. The smallest absolute Gasteiger partial charge is 0.257 e. The SMILES string of the molecule is CN1CCCCCCN(C(=O)CC2CC2)[C@@H](Cc2ccccc2)COc2ccccc2C1=O. The fourth-order valence-electron chi connectivity index (χ4n) is 4.59. The summed E-state index contributed by atoms with van der Waals surface area (Å²) in [6, 6.07) is 17.7. The van der Waals surface area contributed by atoms with Gasteiger partial charge in [-0.1, -0.05) is 55.3 Å². The van der Waals surface area contributed by atoms with Gasteiger partial charge in [-0.3, -0.25) is 9.59 Å². The molecule has 2 amide bonds. The minimum atomic E-state index is -0.0671. The van der Waals surface area contributed by atoms with Crippen molar-refractivity contribution in [3.05, 3.63) is 65.7 Å². The van der Waals surface area contributed by atoms with E-state index in [2.05, 4.69) is 17.0 Å². The molecule has 0 saturated heterocycles. The molecule has 2 aliphatic rings. The minimum absolute atomic E-state index is 0.0102. The van der Waals surface area contributed by atoms with Gasteiger partial charge >= 0.3 is 0 Å². The van der Waals surface area contributed by atoms with Crippen LogP contribution in [0.2, 0.25) is 0 Å². The van der Waals surface area contributed by atoms with Crippen LogP contribution in [0.4, 0.5) is 0 Å². The van der Waals surface area contributed by atoms with Crippen molar-refractivity contribution in [3.63, 3.8) is 0 Å². The Kier molecular flexibility index (Phi) is 8.03. The molecular weight excluding hydrogens is 412 g/mol. The van der Waals surface area contributed by atoms with E-state index in [9.17, 15) is 9.59 Å². The molecule has 1 saturated carbocycles. The summed E-state index contributed by atoms with van der Waals surface area (Å²) in [6.45, 7) is 1.87. The van der Waals surface area contributed by atoms with Crippen LogP contribution < -0.4 is 4.74 Å². The molecule has 33 heavy (non-hydrogen) atoms. The van der Waals surface area contributed by atoms with Gasteiger partial charge in [-0.15, -0.1) is 0 Å². The largest absolute Gasteiger partial charge is 0.491 e. The van der Waals surface area contributed by atoms with Crippen molar-refractivity contribution in [1.29, 1.82) is 0 Å². The summed E-state index contributed by atoms with van der Waals surface area (Å²) in [4.78, 5) is 30.3. The van der Waals surface area contributed by atoms with Gasteiger partial charge in [-0.25, -0.2) is 0 Å². The second-order valence-corrected chi connectivity index (χ2v) is 9.53. The van der Waals surface area contributed by atoms with Gasteiger partial charge in [0.25, 0.3) is 5.91 Å². The number of nitrogens with zero attached hydrogens (tertiary/aromatic N) is 2. The molecule has 0 unspecified atom stereocenters. The van der Waals surface area contributed by atoms with Crippen molar-refractivity contribution < 1.29 is 14.3 Å². The normalized spacial score (nSPS) is 20.5. The summed E-state index contributed by atoms with van der Waals surface area (Å²) in [5.74, 6) is 1.39. The highest BCUT2D eigenvalue weighted by atomic mass is 16.5. The number of carbonyl (C=O) groups excluding carboxylic acids is 2. The van der Waals surface area contributed by atoms with E-state index in [0.29, 0.717) is 30.3 Å². The number of hydrogen-bond acceptors (Lipinski definition) is 3. The summed E-state index contributed by atoms with van der Waals surface area (Å²) in [6.07, 6.45) is 7.79. The molecule has 1 heterocycles. The molecule has 176 valence electrons. The summed E-state index contributed by atoms with van der Waals surface area (Å²) >= 11 is 0. The predicted octanol–water partition coefficient (Wildman–Crippen LogP) is 4.95. The zero-order valence-electron chi connectivity index (χ0n) is 19.7. The maximum absolute atomic E-state index is 13.3. The number of amides is 2. The monoisotopic (exact) mass is 448 g/mol. The molecule has 4 rings (SSSR count). The summed E-state index contributed by atoms with van der Waals surface area (Å²) < 4.78 is 6.30. The molecule has 5 heteroatoms. The Morgan fingerprint density at radius 3 is 2.39 bits per heavy atom. The van der Waals surface area contributed by atoms with Crippen LogP contribution in [-0.4, -0.2) is 54.4 Å². The molecule has 0 bridgehead atoms. The second-order valence-electron chi connectivity index (χ2n) is 9.53. The van der Waals surface area contributed by atoms with Crippen LogP contribution in [0.3, 0.4) is 0 Å². The molecular formula is C28H36N2O3. The van der Waals surface area contributed by atoms with Crippen molar-refractivity contribution in [2.45, 2.75) is 57.4 Å². The summed E-state index contributed by atoms with van der Waals surface area (Å²) in [5, 5.41) is 0. The molecule has 0 N–H and O–H groups in total. The first-order chi connectivity index (χ1) is 16.1. The first kappa shape index (κ1) is 23.3.